The number of hydrogen-bond acceptors (Lipinski definition) is 4. The third-order valence-electron chi connectivity index (χ3n) is 2.77. The fraction of sp³-hybridized carbons (Fsp3) is 0.533. The lowest BCUT2D eigenvalue weighted by Crippen LogP contribution is -2.31. The van der Waals surface area contributed by atoms with E-state index in [4.69, 9.17) is 14.2 Å². The van der Waals surface area contributed by atoms with E-state index in [0.29, 0.717) is 24.1 Å². The summed E-state index contributed by atoms with van der Waals surface area (Å²) in [5.74, 6) is 2.13. The fourth-order valence-corrected chi connectivity index (χ4v) is 1.76. The number of nitrogens with one attached hydrogen (secondary N) is 2. The van der Waals surface area contributed by atoms with E-state index in [1.807, 2.05) is 25.1 Å². The van der Waals surface area contributed by atoms with E-state index in [0.717, 1.165) is 25.3 Å². The van der Waals surface area contributed by atoms with Crippen molar-refractivity contribution in [2.75, 3.05) is 46.3 Å². The highest BCUT2D eigenvalue weighted by Crippen LogP contribution is 2.30. The second-order valence-electron chi connectivity index (χ2n) is 4.27. The van der Waals surface area contributed by atoms with Crippen LogP contribution in [0.5, 0.6) is 11.5 Å². The molecule has 1 aromatic rings. The molecule has 6 nitrogen and oxygen atoms in total. The van der Waals surface area contributed by atoms with Crippen LogP contribution in [-0.4, -0.2) is 47.0 Å². The summed E-state index contributed by atoms with van der Waals surface area (Å²) in [7, 11) is 5.06. The highest BCUT2D eigenvalue weighted by Gasteiger charge is 2.06. The molecule has 1 aromatic carbocycles. The average molecular weight is 423 g/mol. The van der Waals surface area contributed by atoms with Crippen LogP contribution in [0.25, 0.3) is 0 Å². The number of aliphatic imine (C=N–C) groups is 1. The standard InChI is InChI=1S/C15H25N3O3.HI/c1-5-21-14-11-12(7-8-13(14)20-4)18-15(16-2)17-9-6-10-19-3;/h7-8,11H,5-6,9-10H2,1-4H3,(H2,16,17,18);1H. The van der Waals surface area contributed by atoms with Crippen molar-refractivity contribution in [3.8, 4) is 11.5 Å². The first kappa shape index (κ1) is 20.8. The molecule has 0 aliphatic heterocycles. The molecule has 0 radical (unpaired) electrons. The van der Waals surface area contributed by atoms with Gasteiger partial charge in [0.1, 0.15) is 0 Å². The number of guanidine groups is 1. The third kappa shape index (κ3) is 7.17. The van der Waals surface area contributed by atoms with Crippen molar-refractivity contribution in [2.45, 2.75) is 13.3 Å². The Bertz CT molecular complexity index is 456. The summed E-state index contributed by atoms with van der Waals surface area (Å²) >= 11 is 0. The molecule has 0 saturated carbocycles. The highest BCUT2D eigenvalue weighted by molar-refractivity contribution is 14.0. The molecule has 126 valence electrons. The van der Waals surface area contributed by atoms with Crippen LogP contribution in [0.4, 0.5) is 5.69 Å². The lowest BCUT2D eigenvalue weighted by molar-refractivity contribution is 0.195. The molecule has 1 rings (SSSR count). The van der Waals surface area contributed by atoms with Gasteiger partial charge in [-0.2, -0.15) is 0 Å². The Hall–Kier alpha value is -1.22. The van der Waals surface area contributed by atoms with Gasteiger partial charge < -0.3 is 24.8 Å². The lowest BCUT2D eigenvalue weighted by Gasteiger charge is -2.14. The first-order valence-corrected chi connectivity index (χ1v) is 7.02. The highest BCUT2D eigenvalue weighted by atomic mass is 127. The minimum atomic E-state index is 0. The Labute approximate surface area is 149 Å². The van der Waals surface area contributed by atoms with E-state index < -0.39 is 0 Å². The van der Waals surface area contributed by atoms with Crippen LogP contribution in [-0.2, 0) is 4.74 Å². The molecule has 0 aliphatic rings. The number of rotatable bonds is 8. The molecule has 0 bridgehead atoms. The monoisotopic (exact) mass is 423 g/mol. The number of benzene rings is 1. The third-order valence-corrected chi connectivity index (χ3v) is 2.77. The van der Waals surface area contributed by atoms with E-state index in [1.54, 1.807) is 21.3 Å². The molecule has 0 unspecified atom stereocenters. The Morgan fingerprint density at radius 1 is 1.23 bits per heavy atom. The molecule has 0 saturated heterocycles. The Kier molecular flexibility index (Phi) is 11.7. The van der Waals surface area contributed by atoms with Crippen molar-refractivity contribution in [1.82, 2.24) is 5.32 Å². The number of halogens is 1. The van der Waals surface area contributed by atoms with Crippen molar-refractivity contribution >= 4 is 35.6 Å². The smallest absolute Gasteiger partial charge is 0.195 e. The van der Waals surface area contributed by atoms with Gasteiger partial charge in [-0.1, -0.05) is 0 Å². The van der Waals surface area contributed by atoms with Crippen LogP contribution < -0.4 is 20.1 Å². The zero-order chi connectivity index (χ0) is 15.5. The Morgan fingerprint density at radius 2 is 2.00 bits per heavy atom. The van der Waals surface area contributed by atoms with Gasteiger partial charge in [-0.25, -0.2) is 0 Å². The maximum Gasteiger partial charge on any atom is 0.195 e. The zero-order valence-electron chi connectivity index (χ0n) is 13.6. The SMILES string of the molecule is CCOc1cc(NC(=NC)NCCCOC)ccc1OC.I. The largest absolute Gasteiger partial charge is 0.493 e. The zero-order valence-corrected chi connectivity index (χ0v) is 16.0. The molecule has 0 aliphatic carbocycles. The molecular formula is C15H26IN3O3. The van der Waals surface area contributed by atoms with Crippen molar-refractivity contribution in [2.24, 2.45) is 4.99 Å². The first-order valence-electron chi connectivity index (χ1n) is 7.02. The molecule has 7 heteroatoms. The van der Waals surface area contributed by atoms with Crippen LogP contribution in [0.1, 0.15) is 13.3 Å². The van der Waals surface area contributed by atoms with Crippen LogP contribution >= 0.6 is 24.0 Å². The number of anilines is 1. The van der Waals surface area contributed by atoms with Gasteiger partial charge in [-0.3, -0.25) is 4.99 Å². The Morgan fingerprint density at radius 3 is 2.59 bits per heavy atom. The van der Waals surface area contributed by atoms with Gasteiger partial charge in [0.25, 0.3) is 0 Å². The predicted molar refractivity (Wildman–Crippen MR) is 101 cm³/mol. The van der Waals surface area contributed by atoms with Crippen molar-refractivity contribution in [3.05, 3.63) is 18.2 Å². The van der Waals surface area contributed by atoms with Gasteiger partial charge >= 0.3 is 0 Å². The summed E-state index contributed by atoms with van der Waals surface area (Å²) in [6.07, 6.45) is 0.921. The van der Waals surface area contributed by atoms with Gasteiger partial charge in [0.15, 0.2) is 17.5 Å². The maximum atomic E-state index is 5.56. The minimum absolute atomic E-state index is 0. The van der Waals surface area contributed by atoms with E-state index >= 15 is 0 Å². The van der Waals surface area contributed by atoms with Gasteiger partial charge in [-0.05, 0) is 25.5 Å². The summed E-state index contributed by atoms with van der Waals surface area (Å²) in [6.45, 7) is 4.04. The van der Waals surface area contributed by atoms with Gasteiger partial charge in [0.05, 0.1) is 13.7 Å². The molecule has 0 amide bonds. The van der Waals surface area contributed by atoms with E-state index in [-0.39, 0.29) is 24.0 Å². The molecule has 22 heavy (non-hydrogen) atoms. The fourth-order valence-electron chi connectivity index (χ4n) is 1.76. The first-order chi connectivity index (χ1) is 10.2. The summed E-state index contributed by atoms with van der Waals surface area (Å²) in [4.78, 5) is 4.18. The van der Waals surface area contributed by atoms with Crippen LogP contribution in [0.3, 0.4) is 0 Å². The second kappa shape index (κ2) is 12.3. The van der Waals surface area contributed by atoms with Crippen molar-refractivity contribution < 1.29 is 14.2 Å². The lowest BCUT2D eigenvalue weighted by atomic mass is 10.2. The van der Waals surface area contributed by atoms with E-state index in [2.05, 4.69) is 15.6 Å². The predicted octanol–water partition coefficient (Wildman–Crippen LogP) is 2.74. The van der Waals surface area contributed by atoms with Crippen LogP contribution in [0, 0.1) is 0 Å². The van der Waals surface area contributed by atoms with Crippen LogP contribution in [0.15, 0.2) is 23.2 Å². The molecule has 2 N–H and O–H groups in total. The van der Waals surface area contributed by atoms with Crippen molar-refractivity contribution in [3.63, 3.8) is 0 Å². The maximum absolute atomic E-state index is 5.56. The van der Waals surface area contributed by atoms with Gasteiger partial charge in [0, 0.05) is 39.1 Å². The van der Waals surface area contributed by atoms with Gasteiger partial charge in [0.2, 0.25) is 0 Å². The van der Waals surface area contributed by atoms with E-state index in [9.17, 15) is 0 Å². The summed E-state index contributed by atoms with van der Waals surface area (Å²) in [5.41, 5.74) is 0.888. The second-order valence-corrected chi connectivity index (χ2v) is 4.27. The normalized spacial score (nSPS) is 10.6. The molecule has 0 spiro atoms. The van der Waals surface area contributed by atoms with Crippen LogP contribution in [0.2, 0.25) is 0 Å². The summed E-state index contributed by atoms with van der Waals surface area (Å²) in [5, 5.41) is 6.44. The number of nitrogens with zero attached hydrogens (tertiary/aromatic N) is 1. The van der Waals surface area contributed by atoms with Crippen molar-refractivity contribution in [1.29, 1.82) is 0 Å². The quantitative estimate of drug-likeness (QED) is 0.292. The van der Waals surface area contributed by atoms with Gasteiger partial charge in [-0.15, -0.1) is 24.0 Å². The minimum Gasteiger partial charge on any atom is -0.493 e. The molecule has 0 atom stereocenters. The number of hydrogen-bond donors (Lipinski definition) is 2. The topological polar surface area (TPSA) is 64.1 Å². The number of ether oxygens (including phenoxy) is 3. The molecular weight excluding hydrogens is 397 g/mol. The molecule has 0 fully saturated rings. The summed E-state index contributed by atoms with van der Waals surface area (Å²) < 4.78 is 15.8. The van der Waals surface area contributed by atoms with E-state index in [1.165, 1.54) is 0 Å². The molecule has 0 aromatic heterocycles. The average Bonchev–Trinajstić information content (AvgIpc) is 2.51. The molecule has 0 heterocycles. The summed E-state index contributed by atoms with van der Waals surface area (Å²) in [6, 6.07) is 5.68. The Balaban J connectivity index is 0.00000441. The number of methoxy groups -OCH3 is 2.